The summed E-state index contributed by atoms with van der Waals surface area (Å²) in [6.45, 7) is 0. The molecular formula is C17H12N2O5. The number of hydrogen-bond acceptors (Lipinski definition) is 5. The number of Topliss-reactive ketones (excluding diaryl/α,β-unsaturated/α-hetero) is 1. The summed E-state index contributed by atoms with van der Waals surface area (Å²) in [5, 5.41) is 24.8. The number of aliphatic hydroxyl groups is 1. The van der Waals surface area contributed by atoms with Crippen LogP contribution in [0, 0.1) is 10.1 Å². The van der Waals surface area contributed by atoms with E-state index in [0.717, 1.165) is 0 Å². The molecule has 1 aliphatic heterocycles. The molecule has 1 heterocycles. The van der Waals surface area contributed by atoms with Crippen LogP contribution in [-0.4, -0.2) is 21.7 Å². The van der Waals surface area contributed by atoms with Crippen molar-refractivity contribution in [1.29, 1.82) is 0 Å². The highest BCUT2D eigenvalue weighted by Gasteiger charge is 2.55. The molecule has 7 heteroatoms. The number of nitrogens with zero attached hydrogens (tertiary/aromatic N) is 1. The lowest BCUT2D eigenvalue weighted by Crippen LogP contribution is -2.39. The number of benzene rings is 2. The Bertz CT molecular complexity index is 923. The van der Waals surface area contributed by atoms with Crippen LogP contribution < -0.4 is 5.32 Å². The Morgan fingerprint density at radius 3 is 2.71 bits per heavy atom. The smallest absolute Gasteiger partial charge is 0.269 e. The summed E-state index contributed by atoms with van der Waals surface area (Å²) in [4.78, 5) is 35.2. The number of hydrogen-bond donors (Lipinski definition) is 2. The first kappa shape index (κ1) is 14.5. The minimum Gasteiger partial charge on any atom is -0.375 e. The number of fused-ring (bicyclic) bond motifs is 2. The first-order valence-electron chi connectivity index (χ1n) is 7.38. The normalized spacial score (nSPS) is 24.5. The first-order chi connectivity index (χ1) is 11.4. The number of rotatable bonds is 2. The highest BCUT2D eigenvalue weighted by molar-refractivity contribution is 6.09. The average molecular weight is 324 g/mol. The number of anilines is 1. The minimum atomic E-state index is -2.01. The highest BCUT2D eigenvalue weighted by Crippen LogP contribution is 2.51. The van der Waals surface area contributed by atoms with Crippen molar-refractivity contribution >= 4 is 23.1 Å². The molecule has 0 aromatic heterocycles. The van der Waals surface area contributed by atoms with Gasteiger partial charge in [0.15, 0.2) is 11.4 Å². The van der Waals surface area contributed by atoms with Gasteiger partial charge in [0.2, 0.25) is 0 Å². The SMILES string of the molecule is O=C1C[C@H]([C@@]2(O)C(=O)Nc3ccc([N+](=O)[O-])cc32)c2ccccc21. The Hall–Kier alpha value is -3.06. The van der Waals surface area contributed by atoms with E-state index in [1.54, 1.807) is 24.3 Å². The van der Waals surface area contributed by atoms with E-state index in [4.69, 9.17) is 0 Å². The van der Waals surface area contributed by atoms with Crippen LogP contribution in [0.4, 0.5) is 11.4 Å². The second kappa shape index (κ2) is 4.72. The quantitative estimate of drug-likeness (QED) is 0.649. The van der Waals surface area contributed by atoms with E-state index in [1.807, 2.05) is 0 Å². The lowest BCUT2D eigenvalue weighted by molar-refractivity contribution is -0.385. The predicted octanol–water partition coefficient (Wildman–Crippen LogP) is 2.10. The fraction of sp³-hybridized carbons (Fsp3) is 0.176. The van der Waals surface area contributed by atoms with Gasteiger partial charge in [0, 0.05) is 41.3 Å². The van der Waals surface area contributed by atoms with Crippen molar-refractivity contribution in [2.24, 2.45) is 0 Å². The third-order valence-corrected chi connectivity index (χ3v) is 4.75. The van der Waals surface area contributed by atoms with E-state index < -0.39 is 22.3 Å². The van der Waals surface area contributed by atoms with Crippen molar-refractivity contribution in [3.8, 4) is 0 Å². The van der Waals surface area contributed by atoms with Gasteiger partial charge in [0.05, 0.1) is 4.92 Å². The fourth-order valence-corrected chi connectivity index (χ4v) is 3.59. The maximum absolute atomic E-state index is 12.5. The molecule has 4 rings (SSSR count). The van der Waals surface area contributed by atoms with Gasteiger partial charge in [-0.05, 0) is 11.6 Å². The number of carbonyl (C=O) groups is 2. The Kier molecular flexibility index (Phi) is 2.86. The second-order valence-corrected chi connectivity index (χ2v) is 5.97. The van der Waals surface area contributed by atoms with Crippen molar-refractivity contribution in [1.82, 2.24) is 0 Å². The van der Waals surface area contributed by atoms with Crippen LogP contribution in [0.1, 0.15) is 33.8 Å². The van der Waals surface area contributed by atoms with Gasteiger partial charge in [0.25, 0.3) is 11.6 Å². The summed E-state index contributed by atoms with van der Waals surface area (Å²) in [5.74, 6) is -1.60. The number of carbonyl (C=O) groups excluding carboxylic acids is 2. The van der Waals surface area contributed by atoms with Crippen molar-refractivity contribution in [2.45, 2.75) is 17.9 Å². The Balaban J connectivity index is 1.91. The van der Waals surface area contributed by atoms with Gasteiger partial charge < -0.3 is 10.4 Å². The van der Waals surface area contributed by atoms with Gasteiger partial charge in [-0.25, -0.2) is 0 Å². The van der Waals surface area contributed by atoms with Crippen LogP contribution in [0.5, 0.6) is 0 Å². The molecule has 1 amide bonds. The third-order valence-electron chi connectivity index (χ3n) is 4.75. The van der Waals surface area contributed by atoms with E-state index in [2.05, 4.69) is 5.32 Å². The summed E-state index contributed by atoms with van der Waals surface area (Å²) in [7, 11) is 0. The van der Waals surface area contributed by atoms with Crippen LogP contribution in [0.25, 0.3) is 0 Å². The molecule has 2 atom stereocenters. The molecule has 0 unspecified atom stereocenters. The average Bonchev–Trinajstić information content (AvgIpc) is 3.04. The summed E-state index contributed by atoms with van der Waals surface area (Å²) in [5.41, 5.74) is -0.714. The monoisotopic (exact) mass is 324 g/mol. The highest BCUT2D eigenvalue weighted by atomic mass is 16.6. The molecule has 0 bridgehead atoms. The molecule has 0 radical (unpaired) electrons. The maximum Gasteiger partial charge on any atom is 0.269 e. The number of nitro benzene ring substituents is 1. The van der Waals surface area contributed by atoms with E-state index in [9.17, 15) is 24.8 Å². The predicted molar refractivity (Wildman–Crippen MR) is 83.8 cm³/mol. The van der Waals surface area contributed by atoms with Gasteiger partial charge in [-0.1, -0.05) is 24.3 Å². The Labute approximate surface area is 136 Å². The van der Waals surface area contributed by atoms with Crippen LogP contribution in [0.3, 0.4) is 0 Å². The number of nitrogens with one attached hydrogen (secondary N) is 1. The standard InChI is InChI=1S/C17H12N2O5/c20-15-8-12(10-3-1-2-4-11(10)15)17(22)13-7-9(19(23)24)5-6-14(13)18-16(17)21/h1-7,12,22H,8H2,(H,18,21)/t12-,17-/m0/s1. The van der Waals surface area contributed by atoms with E-state index in [1.165, 1.54) is 18.2 Å². The van der Waals surface area contributed by atoms with E-state index >= 15 is 0 Å². The molecule has 2 aromatic carbocycles. The second-order valence-electron chi connectivity index (χ2n) is 5.97. The molecule has 2 aliphatic rings. The zero-order chi connectivity index (χ0) is 17.1. The first-order valence-corrected chi connectivity index (χ1v) is 7.38. The van der Waals surface area contributed by atoms with Crippen LogP contribution in [0.15, 0.2) is 42.5 Å². The topological polar surface area (TPSA) is 110 Å². The summed E-state index contributed by atoms with van der Waals surface area (Å²) >= 11 is 0. The molecule has 1 aliphatic carbocycles. The molecular weight excluding hydrogens is 312 g/mol. The van der Waals surface area contributed by atoms with E-state index in [-0.39, 0.29) is 23.5 Å². The largest absolute Gasteiger partial charge is 0.375 e. The Morgan fingerprint density at radius 2 is 1.96 bits per heavy atom. The van der Waals surface area contributed by atoms with E-state index in [0.29, 0.717) is 16.8 Å². The van der Waals surface area contributed by atoms with Gasteiger partial charge in [-0.15, -0.1) is 0 Å². The van der Waals surface area contributed by atoms with Crippen molar-refractivity contribution < 1.29 is 19.6 Å². The maximum atomic E-state index is 12.5. The van der Waals surface area contributed by atoms with Gasteiger partial charge in [-0.2, -0.15) is 0 Å². The van der Waals surface area contributed by atoms with Gasteiger partial charge in [0.1, 0.15) is 0 Å². The lowest BCUT2D eigenvalue weighted by Gasteiger charge is -2.28. The summed E-state index contributed by atoms with van der Waals surface area (Å²) < 4.78 is 0. The zero-order valence-electron chi connectivity index (χ0n) is 12.4. The summed E-state index contributed by atoms with van der Waals surface area (Å²) in [6, 6.07) is 10.7. The number of non-ortho nitro benzene ring substituents is 1. The molecule has 2 aromatic rings. The Morgan fingerprint density at radius 1 is 1.21 bits per heavy atom. The number of amides is 1. The number of nitro groups is 1. The zero-order valence-corrected chi connectivity index (χ0v) is 12.4. The molecule has 0 saturated heterocycles. The molecule has 24 heavy (non-hydrogen) atoms. The number of ketones is 1. The van der Waals surface area contributed by atoms with Crippen molar-refractivity contribution in [3.63, 3.8) is 0 Å². The fourth-order valence-electron chi connectivity index (χ4n) is 3.59. The van der Waals surface area contributed by atoms with Crippen molar-refractivity contribution in [2.75, 3.05) is 5.32 Å². The summed E-state index contributed by atoms with van der Waals surface area (Å²) in [6.07, 6.45) is -0.0224. The van der Waals surface area contributed by atoms with Gasteiger partial charge >= 0.3 is 0 Å². The van der Waals surface area contributed by atoms with Crippen LogP contribution in [0.2, 0.25) is 0 Å². The van der Waals surface area contributed by atoms with Crippen LogP contribution in [-0.2, 0) is 10.4 Å². The van der Waals surface area contributed by atoms with Crippen LogP contribution >= 0.6 is 0 Å². The molecule has 0 fully saturated rings. The molecule has 0 spiro atoms. The molecule has 2 N–H and O–H groups in total. The third kappa shape index (κ3) is 1.75. The molecule has 120 valence electrons. The van der Waals surface area contributed by atoms with Crippen molar-refractivity contribution in [3.05, 3.63) is 69.3 Å². The van der Waals surface area contributed by atoms with Gasteiger partial charge in [-0.3, -0.25) is 19.7 Å². The molecule has 0 saturated carbocycles. The molecule has 7 nitrogen and oxygen atoms in total. The minimum absolute atomic E-state index is 0.0224. The lowest BCUT2D eigenvalue weighted by atomic mass is 9.78.